The van der Waals surface area contributed by atoms with Crippen molar-refractivity contribution >= 4 is 5.95 Å². The molecule has 2 aliphatic rings. The van der Waals surface area contributed by atoms with E-state index in [4.69, 9.17) is 4.74 Å². The average Bonchev–Trinajstić information content (AvgIpc) is 3.22. The Kier molecular flexibility index (Phi) is 4.14. The molecule has 7 nitrogen and oxygen atoms in total. The monoisotopic (exact) mass is 367 g/mol. The molecule has 0 aromatic carbocycles. The fraction of sp³-hybridized carbons (Fsp3) is 0.500. The minimum absolute atomic E-state index is 0.158. The van der Waals surface area contributed by atoms with Crippen molar-refractivity contribution in [2.24, 2.45) is 0 Å². The first-order chi connectivity index (χ1) is 12.4. The number of hydrogen-bond donors (Lipinski definition) is 1. The summed E-state index contributed by atoms with van der Waals surface area (Å²) in [6, 6.07) is 1.50. The molecule has 26 heavy (non-hydrogen) atoms. The Hall–Kier alpha value is -2.49. The van der Waals surface area contributed by atoms with E-state index in [0.29, 0.717) is 0 Å². The summed E-state index contributed by atoms with van der Waals surface area (Å²) in [5.74, 6) is -0.158. The normalized spacial score (nSPS) is 22.4. The number of rotatable bonds is 3. The molecule has 10 heteroatoms. The lowest BCUT2D eigenvalue weighted by atomic mass is 10.1. The van der Waals surface area contributed by atoms with E-state index in [-0.39, 0.29) is 24.7 Å². The van der Waals surface area contributed by atoms with Gasteiger partial charge in [0.2, 0.25) is 5.95 Å². The van der Waals surface area contributed by atoms with Gasteiger partial charge in [0, 0.05) is 12.3 Å². The minimum Gasteiger partial charge on any atom is -0.377 e. The van der Waals surface area contributed by atoms with E-state index in [9.17, 15) is 18.0 Å². The van der Waals surface area contributed by atoms with Crippen LogP contribution in [-0.4, -0.2) is 39.0 Å². The van der Waals surface area contributed by atoms with Gasteiger partial charge in [-0.15, -0.1) is 0 Å². The van der Waals surface area contributed by atoms with Crippen LogP contribution >= 0.6 is 0 Å². The lowest BCUT2D eigenvalue weighted by Crippen LogP contribution is -2.38. The van der Waals surface area contributed by atoms with Gasteiger partial charge in [-0.05, 0) is 30.9 Å². The molecule has 3 heterocycles. The van der Waals surface area contributed by atoms with Crippen LogP contribution in [0, 0.1) is 0 Å². The molecule has 1 aliphatic heterocycles. The quantitative estimate of drug-likeness (QED) is 0.887. The van der Waals surface area contributed by atoms with E-state index in [1.165, 1.54) is 4.68 Å². The number of halogens is 3. The molecular weight excluding hydrogens is 351 g/mol. The Balaban J connectivity index is 1.59. The van der Waals surface area contributed by atoms with Crippen LogP contribution in [0.5, 0.6) is 0 Å². The van der Waals surface area contributed by atoms with E-state index in [2.05, 4.69) is 20.4 Å². The molecule has 0 spiro atoms. The van der Waals surface area contributed by atoms with E-state index < -0.39 is 24.0 Å². The van der Waals surface area contributed by atoms with Gasteiger partial charge in [0.05, 0.1) is 24.9 Å². The summed E-state index contributed by atoms with van der Waals surface area (Å²) in [7, 11) is 0. The second-order valence-corrected chi connectivity index (χ2v) is 6.37. The summed E-state index contributed by atoms with van der Waals surface area (Å²) in [6.07, 6.45) is -0.879. The standard InChI is InChI=1S/C16H16F3N5O2/c17-16(18,19)13-4-5-20-15(22-13)21-11-7-26-8-12(11)24-14(25)6-9-2-1-3-10(9)23-24/h4-6,11-12H,1-3,7-8H2,(H,20,21,22). The van der Waals surface area contributed by atoms with Gasteiger partial charge in [-0.3, -0.25) is 4.79 Å². The minimum atomic E-state index is -4.55. The highest BCUT2D eigenvalue weighted by Crippen LogP contribution is 2.28. The molecule has 1 N–H and O–H groups in total. The Morgan fingerprint density at radius 1 is 1.27 bits per heavy atom. The van der Waals surface area contributed by atoms with E-state index in [0.717, 1.165) is 42.8 Å². The second kappa shape index (κ2) is 6.35. The SMILES string of the molecule is O=c1cc2c(nn1C1COCC1Nc1nccc(C(F)(F)F)n1)CCC2. The third kappa shape index (κ3) is 3.16. The summed E-state index contributed by atoms with van der Waals surface area (Å²) in [5.41, 5.74) is 0.595. The maximum absolute atomic E-state index is 12.8. The van der Waals surface area contributed by atoms with Crippen LogP contribution in [-0.2, 0) is 23.8 Å². The molecule has 0 radical (unpaired) electrons. The lowest BCUT2D eigenvalue weighted by Gasteiger charge is -2.21. The van der Waals surface area contributed by atoms with Crippen molar-refractivity contribution in [2.75, 3.05) is 18.5 Å². The number of nitrogens with zero attached hydrogens (tertiary/aromatic N) is 4. The van der Waals surface area contributed by atoms with Gasteiger partial charge >= 0.3 is 6.18 Å². The zero-order valence-corrected chi connectivity index (χ0v) is 13.7. The Labute approximate surface area is 146 Å². The van der Waals surface area contributed by atoms with Crippen LogP contribution in [0.4, 0.5) is 19.1 Å². The third-order valence-corrected chi connectivity index (χ3v) is 4.61. The largest absolute Gasteiger partial charge is 0.433 e. The highest BCUT2D eigenvalue weighted by atomic mass is 19.4. The number of nitrogens with one attached hydrogen (secondary N) is 1. The molecular formula is C16H16F3N5O2. The maximum Gasteiger partial charge on any atom is 0.433 e. The molecule has 0 amide bonds. The molecule has 2 atom stereocenters. The molecule has 0 saturated carbocycles. The molecule has 2 aromatic heterocycles. The second-order valence-electron chi connectivity index (χ2n) is 6.37. The highest BCUT2D eigenvalue weighted by molar-refractivity contribution is 5.29. The summed E-state index contributed by atoms with van der Waals surface area (Å²) in [5, 5.41) is 7.30. The number of aromatic nitrogens is 4. The van der Waals surface area contributed by atoms with Gasteiger partial charge in [0.25, 0.3) is 5.56 Å². The predicted octanol–water partition coefficient (Wildman–Crippen LogP) is 1.59. The number of alkyl halides is 3. The van der Waals surface area contributed by atoms with Crippen molar-refractivity contribution in [3.63, 3.8) is 0 Å². The Morgan fingerprint density at radius 2 is 2.12 bits per heavy atom. The van der Waals surface area contributed by atoms with Crippen LogP contribution in [0.2, 0.25) is 0 Å². The molecule has 138 valence electrons. The first-order valence-corrected chi connectivity index (χ1v) is 8.28. The molecule has 4 rings (SSSR count). The summed E-state index contributed by atoms with van der Waals surface area (Å²) in [6.45, 7) is 0.456. The highest BCUT2D eigenvalue weighted by Gasteiger charge is 2.35. The lowest BCUT2D eigenvalue weighted by molar-refractivity contribution is -0.141. The fourth-order valence-electron chi connectivity index (χ4n) is 3.33. The molecule has 1 aliphatic carbocycles. The molecule has 2 aromatic rings. The Bertz CT molecular complexity index is 883. The van der Waals surface area contributed by atoms with Crippen LogP contribution in [0.15, 0.2) is 23.1 Å². The smallest absolute Gasteiger partial charge is 0.377 e. The van der Waals surface area contributed by atoms with E-state index >= 15 is 0 Å². The average molecular weight is 367 g/mol. The van der Waals surface area contributed by atoms with Gasteiger partial charge < -0.3 is 10.1 Å². The van der Waals surface area contributed by atoms with Crippen molar-refractivity contribution in [1.82, 2.24) is 19.7 Å². The van der Waals surface area contributed by atoms with Crippen molar-refractivity contribution in [3.05, 3.63) is 45.6 Å². The predicted molar refractivity (Wildman–Crippen MR) is 84.8 cm³/mol. The van der Waals surface area contributed by atoms with E-state index in [1.807, 2.05) is 0 Å². The van der Waals surface area contributed by atoms with Crippen LogP contribution in [0.25, 0.3) is 0 Å². The molecule has 1 fully saturated rings. The molecule has 0 bridgehead atoms. The van der Waals surface area contributed by atoms with Crippen molar-refractivity contribution in [1.29, 1.82) is 0 Å². The first-order valence-electron chi connectivity index (χ1n) is 8.28. The maximum atomic E-state index is 12.8. The van der Waals surface area contributed by atoms with Gasteiger partial charge in [-0.25, -0.2) is 14.6 Å². The molecule has 1 saturated heterocycles. The number of fused-ring (bicyclic) bond motifs is 1. The van der Waals surface area contributed by atoms with E-state index in [1.54, 1.807) is 6.07 Å². The number of anilines is 1. The van der Waals surface area contributed by atoms with Gasteiger partial charge in [0.1, 0.15) is 11.7 Å². The third-order valence-electron chi connectivity index (χ3n) is 4.61. The van der Waals surface area contributed by atoms with Gasteiger partial charge in [-0.2, -0.15) is 18.3 Å². The van der Waals surface area contributed by atoms with Crippen molar-refractivity contribution in [2.45, 2.75) is 37.5 Å². The zero-order valence-electron chi connectivity index (χ0n) is 13.7. The van der Waals surface area contributed by atoms with Crippen LogP contribution in [0.3, 0.4) is 0 Å². The number of ether oxygens (including phenoxy) is 1. The van der Waals surface area contributed by atoms with Crippen molar-refractivity contribution < 1.29 is 17.9 Å². The molecule has 2 unspecified atom stereocenters. The summed E-state index contributed by atoms with van der Waals surface area (Å²) < 4.78 is 45.2. The topological polar surface area (TPSA) is 81.9 Å². The van der Waals surface area contributed by atoms with Gasteiger partial charge in [0.15, 0.2) is 0 Å². The first kappa shape index (κ1) is 17.0. The summed E-state index contributed by atoms with van der Waals surface area (Å²) in [4.78, 5) is 19.7. The zero-order chi connectivity index (χ0) is 18.3. The fourth-order valence-corrected chi connectivity index (χ4v) is 3.33. The van der Waals surface area contributed by atoms with Crippen molar-refractivity contribution in [3.8, 4) is 0 Å². The van der Waals surface area contributed by atoms with Gasteiger partial charge in [-0.1, -0.05) is 0 Å². The van der Waals surface area contributed by atoms with Crippen LogP contribution < -0.4 is 10.9 Å². The number of aryl methyl sites for hydroxylation is 2. The van der Waals surface area contributed by atoms with Crippen LogP contribution in [0.1, 0.15) is 29.4 Å². The number of hydrogen-bond acceptors (Lipinski definition) is 6. The summed E-state index contributed by atoms with van der Waals surface area (Å²) >= 11 is 0. The Morgan fingerprint density at radius 3 is 2.92 bits per heavy atom.